The Morgan fingerprint density at radius 1 is 1.00 bits per heavy atom. The van der Waals surface area contributed by atoms with Crippen molar-refractivity contribution < 1.29 is 22.8 Å². The number of hydrogen-bond donors (Lipinski definition) is 2. The van der Waals surface area contributed by atoms with Crippen molar-refractivity contribution in [3.8, 4) is 0 Å². The molecule has 2 amide bonds. The van der Waals surface area contributed by atoms with Crippen molar-refractivity contribution in [2.24, 2.45) is 10.8 Å². The number of carbonyl (C=O) groups excluding carboxylic acids is 2. The molecule has 1 atom stereocenters. The first-order valence-corrected chi connectivity index (χ1v) is 7.30. The van der Waals surface area contributed by atoms with E-state index in [1.807, 2.05) is 5.32 Å². The Kier molecular flexibility index (Phi) is 6.91. The van der Waals surface area contributed by atoms with E-state index in [9.17, 15) is 22.8 Å². The molecular formula is C15H27F3N2O2. The Hall–Kier alpha value is -1.27. The Balaban J connectivity index is 4.31. The fraction of sp³-hybridized carbons (Fsp3) is 0.867. The lowest BCUT2D eigenvalue weighted by Crippen LogP contribution is -2.53. The number of rotatable bonds is 5. The van der Waals surface area contributed by atoms with Crippen LogP contribution in [0, 0.1) is 10.8 Å². The molecule has 0 aromatic rings. The summed E-state index contributed by atoms with van der Waals surface area (Å²) in [6, 6.07) is -1.89. The smallest absolute Gasteiger partial charge is 0.356 e. The predicted octanol–water partition coefficient (Wildman–Crippen LogP) is 3.02. The van der Waals surface area contributed by atoms with Crippen molar-refractivity contribution in [1.82, 2.24) is 10.6 Å². The highest BCUT2D eigenvalue weighted by Crippen LogP contribution is 2.33. The van der Waals surface area contributed by atoms with E-state index in [2.05, 4.69) is 5.32 Å². The molecule has 2 N–H and O–H groups in total. The monoisotopic (exact) mass is 324 g/mol. The lowest BCUT2D eigenvalue weighted by Gasteiger charge is -2.33. The molecule has 0 saturated carbocycles. The summed E-state index contributed by atoms with van der Waals surface area (Å²) in [6.45, 7) is 9.81. The maximum Gasteiger partial charge on any atom is 0.409 e. The molecule has 0 spiro atoms. The van der Waals surface area contributed by atoms with Crippen LogP contribution in [0.3, 0.4) is 0 Å². The van der Waals surface area contributed by atoms with Gasteiger partial charge in [-0.05, 0) is 11.8 Å². The summed E-state index contributed by atoms with van der Waals surface area (Å²) >= 11 is 0. The van der Waals surface area contributed by atoms with Gasteiger partial charge in [0.2, 0.25) is 11.8 Å². The minimum atomic E-state index is -4.49. The number of nitrogens with one attached hydrogen (secondary N) is 2. The standard InChI is InChI=1S/C15H27F3N2O2/c1-13(2,3)11(15(16,17)18)20-10(21)8-7-9-19-12(22)14(4,5)6/h11H,7-9H2,1-6H3,(H,19,22)(H,20,21)/t11-/m0/s1. The van der Waals surface area contributed by atoms with Gasteiger partial charge >= 0.3 is 6.18 Å². The molecule has 0 rings (SSSR count). The molecule has 7 heteroatoms. The third-order valence-corrected chi connectivity index (χ3v) is 3.05. The maximum absolute atomic E-state index is 12.9. The van der Waals surface area contributed by atoms with E-state index in [4.69, 9.17) is 0 Å². The van der Waals surface area contributed by atoms with Crippen LogP contribution >= 0.6 is 0 Å². The van der Waals surface area contributed by atoms with Crippen molar-refractivity contribution in [1.29, 1.82) is 0 Å². The topological polar surface area (TPSA) is 58.2 Å². The van der Waals surface area contributed by atoms with E-state index in [0.29, 0.717) is 6.42 Å². The summed E-state index contributed by atoms with van der Waals surface area (Å²) < 4.78 is 38.8. The number of hydrogen-bond acceptors (Lipinski definition) is 2. The molecule has 130 valence electrons. The first-order chi connectivity index (χ1) is 9.65. The fourth-order valence-corrected chi connectivity index (χ4v) is 1.74. The number of halogens is 3. The van der Waals surface area contributed by atoms with E-state index in [-0.39, 0.29) is 18.9 Å². The molecule has 0 aliphatic heterocycles. The number of alkyl halides is 3. The van der Waals surface area contributed by atoms with Crippen LogP contribution in [0.2, 0.25) is 0 Å². The second kappa shape index (κ2) is 7.33. The fourth-order valence-electron chi connectivity index (χ4n) is 1.74. The molecule has 0 aromatic heterocycles. The second-order valence-corrected chi connectivity index (χ2v) is 7.52. The van der Waals surface area contributed by atoms with Crippen molar-refractivity contribution in [3.05, 3.63) is 0 Å². The van der Waals surface area contributed by atoms with Gasteiger partial charge in [0.05, 0.1) is 0 Å². The van der Waals surface area contributed by atoms with E-state index >= 15 is 0 Å². The quantitative estimate of drug-likeness (QED) is 0.764. The van der Waals surface area contributed by atoms with Gasteiger partial charge in [0, 0.05) is 18.4 Å². The summed E-state index contributed by atoms with van der Waals surface area (Å²) in [5, 5.41) is 4.69. The summed E-state index contributed by atoms with van der Waals surface area (Å²) in [6.07, 6.45) is -4.26. The van der Waals surface area contributed by atoms with Crippen LogP contribution in [0.4, 0.5) is 13.2 Å². The van der Waals surface area contributed by atoms with Crippen molar-refractivity contribution in [2.45, 2.75) is 66.6 Å². The highest BCUT2D eigenvalue weighted by Gasteiger charge is 2.47. The van der Waals surface area contributed by atoms with Crippen LogP contribution in [0.15, 0.2) is 0 Å². The van der Waals surface area contributed by atoms with Crippen LogP contribution in [0.25, 0.3) is 0 Å². The zero-order valence-corrected chi connectivity index (χ0v) is 14.1. The van der Waals surface area contributed by atoms with Gasteiger partial charge in [-0.3, -0.25) is 9.59 Å². The molecule has 0 fully saturated rings. The molecule has 0 radical (unpaired) electrons. The average molecular weight is 324 g/mol. The van der Waals surface area contributed by atoms with Crippen molar-refractivity contribution in [2.75, 3.05) is 6.54 Å². The molecule has 0 bridgehead atoms. The van der Waals surface area contributed by atoms with Crippen molar-refractivity contribution >= 4 is 11.8 Å². The van der Waals surface area contributed by atoms with E-state index in [1.54, 1.807) is 20.8 Å². The van der Waals surface area contributed by atoms with Gasteiger partial charge in [-0.25, -0.2) is 0 Å². The lowest BCUT2D eigenvalue weighted by atomic mass is 9.86. The third kappa shape index (κ3) is 7.66. The molecule has 0 aliphatic carbocycles. The minimum absolute atomic E-state index is 0.0624. The molecule has 0 aromatic carbocycles. The predicted molar refractivity (Wildman–Crippen MR) is 79.1 cm³/mol. The molecule has 4 nitrogen and oxygen atoms in total. The third-order valence-electron chi connectivity index (χ3n) is 3.05. The molecule has 0 unspecified atom stereocenters. The number of carbonyl (C=O) groups is 2. The van der Waals surface area contributed by atoms with Gasteiger partial charge in [-0.15, -0.1) is 0 Å². The SMILES string of the molecule is CC(C)(C)C(=O)NCCCC(=O)N[C@@H](C(C)(C)C)C(F)(F)F. The number of amides is 2. The summed E-state index contributed by atoms with van der Waals surface area (Å²) in [5.74, 6) is -0.821. The highest BCUT2D eigenvalue weighted by atomic mass is 19.4. The lowest BCUT2D eigenvalue weighted by molar-refractivity contribution is -0.180. The van der Waals surface area contributed by atoms with Gasteiger partial charge in [-0.2, -0.15) is 13.2 Å². The molecule has 0 saturated heterocycles. The van der Waals surface area contributed by atoms with Gasteiger partial charge in [-0.1, -0.05) is 41.5 Å². The second-order valence-electron chi connectivity index (χ2n) is 7.52. The van der Waals surface area contributed by atoms with Crippen molar-refractivity contribution in [3.63, 3.8) is 0 Å². The van der Waals surface area contributed by atoms with Gasteiger partial charge in [0.15, 0.2) is 0 Å². The summed E-state index contributed by atoms with van der Waals surface area (Å²) in [5.41, 5.74) is -1.65. The zero-order chi connectivity index (χ0) is 17.8. The van der Waals surface area contributed by atoms with Crippen LogP contribution < -0.4 is 10.6 Å². The average Bonchev–Trinajstić information content (AvgIpc) is 2.27. The Morgan fingerprint density at radius 2 is 1.50 bits per heavy atom. The Labute approximate surface area is 130 Å². The molecule has 22 heavy (non-hydrogen) atoms. The highest BCUT2D eigenvalue weighted by molar-refractivity contribution is 5.81. The van der Waals surface area contributed by atoms with E-state index in [0.717, 1.165) is 0 Å². The van der Waals surface area contributed by atoms with Gasteiger partial charge < -0.3 is 10.6 Å². The van der Waals surface area contributed by atoms with E-state index < -0.39 is 29.0 Å². The Bertz CT molecular complexity index is 379. The first kappa shape index (κ1) is 20.7. The first-order valence-electron chi connectivity index (χ1n) is 7.30. The van der Waals surface area contributed by atoms with Crippen LogP contribution in [0.1, 0.15) is 54.4 Å². The zero-order valence-electron chi connectivity index (χ0n) is 14.1. The van der Waals surface area contributed by atoms with E-state index in [1.165, 1.54) is 20.8 Å². The Morgan fingerprint density at radius 3 is 1.86 bits per heavy atom. The minimum Gasteiger partial charge on any atom is -0.356 e. The summed E-state index contributed by atoms with van der Waals surface area (Å²) in [7, 11) is 0. The normalized spacial score (nSPS) is 14.4. The maximum atomic E-state index is 12.9. The molecule has 0 aliphatic rings. The van der Waals surface area contributed by atoms with Gasteiger partial charge in [0.1, 0.15) is 6.04 Å². The van der Waals surface area contributed by atoms with Crippen LogP contribution in [-0.2, 0) is 9.59 Å². The van der Waals surface area contributed by atoms with Gasteiger partial charge in [0.25, 0.3) is 0 Å². The summed E-state index contributed by atoms with van der Waals surface area (Å²) in [4.78, 5) is 23.3. The molecule has 0 heterocycles. The van der Waals surface area contributed by atoms with Crippen LogP contribution in [0.5, 0.6) is 0 Å². The largest absolute Gasteiger partial charge is 0.409 e. The molecular weight excluding hydrogens is 297 g/mol. The van der Waals surface area contributed by atoms with Crippen LogP contribution in [-0.4, -0.2) is 30.6 Å².